The molecule has 0 radical (unpaired) electrons. The van der Waals surface area contributed by atoms with E-state index in [9.17, 15) is 14.3 Å². The number of carbonyl (C=O) groups is 1. The standard InChI is InChI=1S/C29H41FN2O3/c1-31-21-27(19-22-9-4-3-5-10-22)32-28(33)23-11-8-12-25(20-23)29(34,17-6-7-18-35-2)24-13-15-26(30)16-14-24/h8,11-16,20,22,27,31,34H,3-7,9-10,17-19,21H2,1-2H3,(H,32,33)/t27-,29-/m0/s1. The number of hydrogen-bond acceptors (Lipinski definition) is 4. The number of benzene rings is 2. The topological polar surface area (TPSA) is 70.6 Å². The first-order valence-electron chi connectivity index (χ1n) is 13.0. The Morgan fingerprint density at radius 2 is 1.86 bits per heavy atom. The fourth-order valence-corrected chi connectivity index (χ4v) is 5.26. The molecule has 1 fully saturated rings. The fourth-order valence-electron chi connectivity index (χ4n) is 5.26. The van der Waals surface area contributed by atoms with E-state index in [1.807, 2.05) is 19.2 Å². The van der Waals surface area contributed by atoms with Gasteiger partial charge in [-0.05, 0) is 74.0 Å². The highest BCUT2D eigenvalue weighted by atomic mass is 19.1. The van der Waals surface area contributed by atoms with E-state index in [-0.39, 0.29) is 17.8 Å². The first-order valence-corrected chi connectivity index (χ1v) is 13.0. The maximum Gasteiger partial charge on any atom is 0.251 e. The predicted octanol–water partition coefficient (Wildman–Crippen LogP) is 5.17. The highest BCUT2D eigenvalue weighted by molar-refractivity contribution is 5.94. The molecule has 1 aliphatic rings. The monoisotopic (exact) mass is 484 g/mol. The van der Waals surface area contributed by atoms with Crippen LogP contribution < -0.4 is 10.6 Å². The molecule has 192 valence electrons. The van der Waals surface area contributed by atoms with Crippen LogP contribution in [0.1, 0.15) is 79.3 Å². The van der Waals surface area contributed by atoms with Crippen molar-refractivity contribution in [2.45, 2.75) is 69.4 Å². The number of nitrogens with one attached hydrogen (secondary N) is 2. The molecule has 1 aliphatic carbocycles. The van der Waals surface area contributed by atoms with Gasteiger partial charge < -0.3 is 20.5 Å². The van der Waals surface area contributed by atoms with Crippen molar-refractivity contribution < 1.29 is 19.0 Å². The second-order valence-electron chi connectivity index (χ2n) is 9.87. The Kier molecular flexibility index (Phi) is 10.7. The van der Waals surface area contributed by atoms with Crippen molar-refractivity contribution in [3.63, 3.8) is 0 Å². The smallest absolute Gasteiger partial charge is 0.251 e. The number of amides is 1. The van der Waals surface area contributed by atoms with E-state index in [1.165, 1.54) is 44.2 Å². The summed E-state index contributed by atoms with van der Waals surface area (Å²) in [6.45, 7) is 1.33. The Morgan fingerprint density at radius 3 is 2.54 bits per heavy atom. The SMILES string of the molecule is CNC[C@H](CC1CCCCC1)NC(=O)c1cccc([C@](O)(CCCCOC)c2ccc(F)cc2)c1. The average Bonchev–Trinajstić information content (AvgIpc) is 2.87. The van der Waals surface area contributed by atoms with Crippen LogP contribution in [0.5, 0.6) is 0 Å². The minimum absolute atomic E-state index is 0.0595. The molecule has 35 heavy (non-hydrogen) atoms. The van der Waals surface area contributed by atoms with Crippen molar-refractivity contribution in [1.29, 1.82) is 0 Å². The zero-order chi connectivity index (χ0) is 25.1. The molecule has 5 nitrogen and oxygen atoms in total. The Balaban J connectivity index is 1.79. The number of methoxy groups -OCH3 is 1. The van der Waals surface area contributed by atoms with Crippen molar-refractivity contribution in [2.24, 2.45) is 5.92 Å². The average molecular weight is 485 g/mol. The van der Waals surface area contributed by atoms with Crippen molar-refractivity contribution in [1.82, 2.24) is 10.6 Å². The van der Waals surface area contributed by atoms with Crippen LogP contribution in [0.3, 0.4) is 0 Å². The van der Waals surface area contributed by atoms with Gasteiger partial charge in [-0.25, -0.2) is 4.39 Å². The van der Waals surface area contributed by atoms with Crippen LogP contribution in [-0.2, 0) is 10.3 Å². The van der Waals surface area contributed by atoms with Crippen molar-refractivity contribution in [3.8, 4) is 0 Å². The van der Waals surface area contributed by atoms with Crippen LogP contribution in [0.25, 0.3) is 0 Å². The van der Waals surface area contributed by atoms with Gasteiger partial charge in [-0.15, -0.1) is 0 Å². The van der Waals surface area contributed by atoms with Gasteiger partial charge in [0.25, 0.3) is 5.91 Å². The number of halogens is 1. The summed E-state index contributed by atoms with van der Waals surface area (Å²) in [5, 5.41) is 18.3. The summed E-state index contributed by atoms with van der Waals surface area (Å²) >= 11 is 0. The Hall–Kier alpha value is -2.28. The highest BCUT2D eigenvalue weighted by Crippen LogP contribution is 2.35. The number of hydrogen-bond donors (Lipinski definition) is 3. The molecule has 3 N–H and O–H groups in total. The Bertz CT molecular complexity index is 914. The quantitative estimate of drug-likeness (QED) is 0.343. The zero-order valence-electron chi connectivity index (χ0n) is 21.2. The lowest BCUT2D eigenvalue weighted by atomic mass is 9.81. The highest BCUT2D eigenvalue weighted by Gasteiger charge is 2.32. The molecule has 2 aromatic rings. The molecule has 0 unspecified atom stereocenters. The normalized spacial score (nSPS) is 17.0. The maximum absolute atomic E-state index is 13.6. The summed E-state index contributed by atoms with van der Waals surface area (Å²) in [5.41, 5.74) is 0.431. The van der Waals surface area contributed by atoms with Gasteiger partial charge in [0.2, 0.25) is 0 Å². The summed E-state index contributed by atoms with van der Waals surface area (Å²) in [7, 11) is 3.57. The van der Waals surface area contributed by atoms with Gasteiger partial charge in [0.05, 0.1) is 0 Å². The van der Waals surface area contributed by atoms with Crippen LogP contribution >= 0.6 is 0 Å². The largest absolute Gasteiger partial charge is 0.385 e. The van der Waals surface area contributed by atoms with Crippen molar-refractivity contribution >= 4 is 5.91 Å². The molecule has 2 atom stereocenters. The van der Waals surface area contributed by atoms with Gasteiger partial charge in [0.15, 0.2) is 0 Å². The van der Waals surface area contributed by atoms with E-state index in [1.54, 1.807) is 31.4 Å². The molecule has 0 heterocycles. The van der Waals surface area contributed by atoms with Gasteiger partial charge in [-0.1, -0.05) is 56.4 Å². The molecule has 1 saturated carbocycles. The molecular weight excluding hydrogens is 443 g/mol. The summed E-state index contributed by atoms with van der Waals surface area (Å²) in [4.78, 5) is 13.2. The van der Waals surface area contributed by atoms with E-state index in [0.717, 1.165) is 25.8 Å². The van der Waals surface area contributed by atoms with E-state index < -0.39 is 5.60 Å². The van der Waals surface area contributed by atoms with Gasteiger partial charge in [0, 0.05) is 31.9 Å². The molecule has 0 bridgehead atoms. The van der Waals surface area contributed by atoms with Crippen LogP contribution in [0.4, 0.5) is 4.39 Å². The Morgan fingerprint density at radius 1 is 1.11 bits per heavy atom. The number of ether oxygens (including phenoxy) is 1. The van der Waals surface area contributed by atoms with Crippen molar-refractivity contribution in [2.75, 3.05) is 27.3 Å². The summed E-state index contributed by atoms with van der Waals surface area (Å²) in [6, 6.07) is 13.2. The third kappa shape index (κ3) is 7.86. The lowest BCUT2D eigenvalue weighted by Crippen LogP contribution is -2.42. The summed E-state index contributed by atoms with van der Waals surface area (Å²) in [5.74, 6) is 0.172. The first-order chi connectivity index (χ1) is 17.0. The molecule has 0 aliphatic heterocycles. The number of aliphatic hydroxyl groups is 1. The second kappa shape index (κ2) is 13.7. The van der Waals surface area contributed by atoms with Crippen molar-refractivity contribution in [3.05, 3.63) is 71.0 Å². The molecule has 0 spiro atoms. The summed E-state index contributed by atoms with van der Waals surface area (Å²) < 4.78 is 18.8. The minimum atomic E-state index is -1.33. The molecule has 0 saturated heterocycles. The Labute approximate surface area is 209 Å². The van der Waals surface area contributed by atoms with E-state index in [0.29, 0.717) is 35.6 Å². The lowest BCUT2D eigenvalue weighted by molar-refractivity contribution is 0.0649. The second-order valence-corrected chi connectivity index (χ2v) is 9.87. The number of likely N-dealkylation sites (N-methyl/N-ethyl adjacent to an activating group) is 1. The van der Waals surface area contributed by atoms with Crippen LogP contribution in [0, 0.1) is 11.7 Å². The van der Waals surface area contributed by atoms with Gasteiger partial charge in [-0.3, -0.25) is 4.79 Å². The van der Waals surface area contributed by atoms with Crippen LogP contribution in [0.2, 0.25) is 0 Å². The molecule has 0 aromatic heterocycles. The lowest BCUT2D eigenvalue weighted by Gasteiger charge is -2.30. The van der Waals surface area contributed by atoms with Gasteiger partial charge in [0.1, 0.15) is 11.4 Å². The van der Waals surface area contributed by atoms with E-state index >= 15 is 0 Å². The van der Waals surface area contributed by atoms with E-state index in [4.69, 9.17) is 4.74 Å². The predicted molar refractivity (Wildman–Crippen MR) is 138 cm³/mol. The van der Waals surface area contributed by atoms with Gasteiger partial charge in [-0.2, -0.15) is 0 Å². The zero-order valence-corrected chi connectivity index (χ0v) is 21.2. The summed E-state index contributed by atoms with van der Waals surface area (Å²) in [6.07, 6.45) is 9.28. The molecule has 3 rings (SSSR count). The van der Waals surface area contributed by atoms with Crippen LogP contribution in [-0.4, -0.2) is 44.4 Å². The molecule has 6 heteroatoms. The molecular formula is C29H41FN2O3. The number of unbranched alkanes of at least 4 members (excludes halogenated alkanes) is 1. The number of rotatable bonds is 13. The third-order valence-corrected chi connectivity index (χ3v) is 7.19. The number of carbonyl (C=O) groups excluding carboxylic acids is 1. The van der Waals surface area contributed by atoms with Crippen LogP contribution in [0.15, 0.2) is 48.5 Å². The van der Waals surface area contributed by atoms with E-state index in [2.05, 4.69) is 10.6 Å². The molecule has 1 amide bonds. The molecule has 2 aromatic carbocycles. The minimum Gasteiger partial charge on any atom is -0.385 e. The maximum atomic E-state index is 13.6. The van der Waals surface area contributed by atoms with Gasteiger partial charge >= 0.3 is 0 Å². The third-order valence-electron chi connectivity index (χ3n) is 7.19. The fraction of sp³-hybridized carbons (Fsp3) is 0.552. The first kappa shape index (κ1) is 27.3.